The summed E-state index contributed by atoms with van der Waals surface area (Å²) in [5.74, 6) is -5.73. The second-order valence-electron chi connectivity index (χ2n) is 10.1. The maximum absolute atomic E-state index is 13.6. The number of nitrogens with zero attached hydrogens (tertiary/aromatic N) is 1. The summed E-state index contributed by atoms with van der Waals surface area (Å²) in [5, 5.41) is 37.1. The van der Waals surface area contributed by atoms with Crippen molar-refractivity contribution in [2.45, 2.75) is 57.5 Å². The normalized spacial score (nSPS) is 13.4. The Bertz CT molecular complexity index is 1410. The SMILES string of the molecule is CC(C)[C@H](NC(=O)[C@@H](NC(=O)[C@H](CC(=O)O)NC(=O)OCc1ccccc1)c1ccccc1)C(=O)N[C@H](/C=C/C#N)CC(=O)O. The fourth-order valence-electron chi connectivity index (χ4n) is 4.04. The topological polar surface area (TPSA) is 224 Å². The molecule has 0 radical (unpaired) electrons. The van der Waals surface area contributed by atoms with Crippen LogP contribution in [0.25, 0.3) is 0 Å². The van der Waals surface area contributed by atoms with Gasteiger partial charge in [-0.2, -0.15) is 5.26 Å². The van der Waals surface area contributed by atoms with Crippen molar-refractivity contribution < 1.29 is 43.7 Å². The maximum atomic E-state index is 13.6. The Labute approximate surface area is 259 Å². The molecule has 0 heterocycles. The molecule has 14 nitrogen and oxygen atoms in total. The van der Waals surface area contributed by atoms with Gasteiger partial charge in [0, 0.05) is 6.08 Å². The van der Waals surface area contributed by atoms with Crippen LogP contribution in [-0.4, -0.2) is 64.1 Å². The van der Waals surface area contributed by atoms with Crippen LogP contribution in [0.5, 0.6) is 0 Å². The number of carboxylic acids is 2. The van der Waals surface area contributed by atoms with Crippen molar-refractivity contribution in [3.8, 4) is 6.07 Å². The standard InChI is InChI=1S/C31H35N5O9/c1-19(2)26(29(42)33-22(14-9-15-32)16-24(37)38)35-30(43)27(21-12-7-4-8-13-21)36-28(41)23(17-25(39)40)34-31(44)45-18-20-10-5-3-6-11-20/h3-14,19,22-23,26-27H,16-18H2,1-2H3,(H,33,42)(H,34,44)(H,35,43)(H,36,41)(H,37,38)(H,39,40)/b14-9+/t22-,23+,26+,27+/m1/s1. The van der Waals surface area contributed by atoms with E-state index in [0.717, 1.165) is 6.08 Å². The molecule has 0 spiro atoms. The van der Waals surface area contributed by atoms with Gasteiger partial charge in [-0.1, -0.05) is 80.6 Å². The number of carboxylic acid groups (broad SMARTS) is 2. The quantitative estimate of drug-likeness (QED) is 0.149. The predicted octanol–water partition coefficient (Wildman–Crippen LogP) is 1.79. The zero-order chi connectivity index (χ0) is 33.4. The summed E-state index contributed by atoms with van der Waals surface area (Å²) >= 11 is 0. The lowest BCUT2D eigenvalue weighted by Crippen LogP contribution is -2.56. The molecule has 2 aromatic rings. The number of carbonyl (C=O) groups excluding carboxylic acids is 4. The number of hydrogen-bond donors (Lipinski definition) is 6. The molecule has 0 aromatic heterocycles. The Morgan fingerprint density at radius 1 is 0.800 bits per heavy atom. The largest absolute Gasteiger partial charge is 0.481 e. The molecule has 0 fully saturated rings. The molecular weight excluding hydrogens is 586 g/mol. The van der Waals surface area contributed by atoms with E-state index in [1.54, 1.807) is 68.4 Å². The number of nitrogens with one attached hydrogen (secondary N) is 4. The Kier molecular flexibility index (Phi) is 14.2. The summed E-state index contributed by atoms with van der Waals surface area (Å²) in [6, 6.07) is 13.0. The third-order valence-electron chi connectivity index (χ3n) is 6.25. The third kappa shape index (κ3) is 12.6. The molecule has 0 aliphatic rings. The number of ether oxygens (including phenoxy) is 1. The average molecular weight is 622 g/mol. The van der Waals surface area contributed by atoms with E-state index in [2.05, 4.69) is 21.3 Å². The molecule has 0 saturated heterocycles. The van der Waals surface area contributed by atoms with E-state index >= 15 is 0 Å². The first-order chi connectivity index (χ1) is 21.4. The molecule has 0 aliphatic heterocycles. The van der Waals surface area contributed by atoms with Crippen molar-refractivity contribution in [2.24, 2.45) is 5.92 Å². The Balaban J connectivity index is 2.25. The molecular formula is C31H35N5O9. The van der Waals surface area contributed by atoms with Gasteiger partial charge >= 0.3 is 18.0 Å². The zero-order valence-corrected chi connectivity index (χ0v) is 24.6. The van der Waals surface area contributed by atoms with E-state index in [0.29, 0.717) is 5.56 Å². The molecule has 0 saturated carbocycles. The molecule has 6 N–H and O–H groups in total. The number of alkyl carbamates (subject to hydrolysis) is 1. The van der Waals surface area contributed by atoms with Crippen LogP contribution < -0.4 is 21.3 Å². The van der Waals surface area contributed by atoms with Crippen LogP contribution in [0.1, 0.15) is 43.9 Å². The summed E-state index contributed by atoms with van der Waals surface area (Å²) in [6.07, 6.45) is -0.167. The molecule has 0 aliphatic carbocycles. The van der Waals surface area contributed by atoms with Crippen LogP contribution in [0, 0.1) is 17.2 Å². The van der Waals surface area contributed by atoms with Crippen molar-refractivity contribution in [1.29, 1.82) is 5.26 Å². The molecule has 45 heavy (non-hydrogen) atoms. The molecule has 0 unspecified atom stereocenters. The van der Waals surface area contributed by atoms with Crippen molar-refractivity contribution in [3.63, 3.8) is 0 Å². The third-order valence-corrected chi connectivity index (χ3v) is 6.25. The van der Waals surface area contributed by atoms with Crippen LogP contribution in [0.15, 0.2) is 72.8 Å². The minimum absolute atomic E-state index is 0.137. The van der Waals surface area contributed by atoms with Crippen LogP contribution in [0.4, 0.5) is 4.79 Å². The van der Waals surface area contributed by atoms with Gasteiger partial charge < -0.3 is 36.2 Å². The highest BCUT2D eigenvalue weighted by Gasteiger charge is 2.33. The molecule has 4 amide bonds. The number of carbonyl (C=O) groups is 6. The minimum atomic E-state index is -1.63. The molecule has 0 bridgehead atoms. The first kappa shape index (κ1) is 35.5. The number of benzene rings is 2. The Hall–Kier alpha value is -5.71. The summed E-state index contributed by atoms with van der Waals surface area (Å²) in [4.78, 5) is 75.2. The van der Waals surface area contributed by atoms with E-state index in [-0.39, 0.29) is 12.2 Å². The van der Waals surface area contributed by atoms with Gasteiger partial charge in [-0.25, -0.2) is 4.79 Å². The zero-order valence-electron chi connectivity index (χ0n) is 24.6. The lowest BCUT2D eigenvalue weighted by Gasteiger charge is -2.27. The van der Waals surface area contributed by atoms with E-state index in [1.165, 1.54) is 18.2 Å². The fraction of sp³-hybridized carbons (Fsp3) is 0.323. The van der Waals surface area contributed by atoms with Gasteiger partial charge in [-0.15, -0.1) is 0 Å². The molecule has 4 atom stereocenters. The molecule has 238 valence electrons. The van der Waals surface area contributed by atoms with Crippen LogP contribution in [-0.2, 0) is 35.3 Å². The van der Waals surface area contributed by atoms with Gasteiger partial charge in [0.2, 0.25) is 17.7 Å². The number of amides is 4. The molecule has 2 rings (SSSR count). The van der Waals surface area contributed by atoms with Crippen LogP contribution in [0.3, 0.4) is 0 Å². The molecule has 2 aromatic carbocycles. The number of hydrogen-bond acceptors (Lipinski definition) is 8. The van der Waals surface area contributed by atoms with E-state index in [9.17, 15) is 33.9 Å². The number of rotatable bonds is 16. The Morgan fingerprint density at radius 3 is 1.96 bits per heavy atom. The second-order valence-corrected chi connectivity index (χ2v) is 10.1. The predicted molar refractivity (Wildman–Crippen MR) is 159 cm³/mol. The van der Waals surface area contributed by atoms with Crippen molar-refractivity contribution in [3.05, 3.63) is 83.9 Å². The molecule has 14 heteroatoms. The first-order valence-electron chi connectivity index (χ1n) is 13.8. The monoisotopic (exact) mass is 621 g/mol. The van der Waals surface area contributed by atoms with Crippen molar-refractivity contribution in [2.75, 3.05) is 0 Å². The highest BCUT2D eigenvalue weighted by Crippen LogP contribution is 2.16. The fourth-order valence-corrected chi connectivity index (χ4v) is 4.04. The second kappa shape index (κ2) is 18.1. The summed E-state index contributed by atoms with van der Waals surface area (Å²) in [7, 11) is 0. The summed E-state index contributed by atoms with van der Waals surface area (Å²) < 4.78 is 5.11. The van der Waals surface area contributed by atoms with Crippen molar-refractivity contribution >= 4 is 35.8 Å². The maximum Gasteiger partial charge on any atom is 0.408 e. The van der Waals surface area contributed by atoms with Crippen LogP contribution >= 0.6 is 0 Å². The summed E-state index contributed by atoms with van der Waals surface area (Å²) in [5.41, 5.74) is 0.944. The van der Waals surface area contributed by atoms with Gasteiger partial charge in [0.1, 0.15) is 24.7 Å². The van der Waals surface area contributed by atoms with E-state index in [4.69, 9.17) is 15.1 Å². The van der Waals surface area contributed by atoms with Crippen molar-refractivity contribution in [1.82, 2.24) is 21.3 Å². The van der Waals surface area contributed by atoms with Crippen LogP contribution in [0.2, 0.25) is 0 Å². The van der Waals surface area contributed by atoms with Gasteiger partial charge in [0.15, 0.2) is 0 Å². The number of nitriles is 1. The van der Waals surface area contributed by atoms with Gasteiger partial charge in [0.05, 0.1) is 25.0 Å². The Morgan fingerprint density at radius 2 is 1.40 bits per heavy atom. The lowest BCUT2D eigenvalue weighted by atomic mass is 10.00. The smallest absolute Gasteiger partial charge is 0.408 e. The van der Waals surface area contributed by atoms with Gasteiger partial charge in [-0.3, -0.25) is 24.0 Å². The van der Waals surface area contributed by atoms with Gasteiger partial charge in [0.25, 0.3) is 0 Å². The van der Waals surface area contributed by atoms with E-state index in [1.807, 2.05) is 0 Å². The highest BCUT2D eigenvalue weighted by molar-refractivity contribution is 5.95. The van der Waals surface area contributed by atoms with Gasteiger partial charge in [-0.05, 0) is 17.0 Å². The van der Waals surface area contributed by atoms with E-state index < -0.39 is 78.7 Å². The number of allylic oxidation sites excluding steroid dienone is 1. The number of aliphatic carboxylic acids is 2. The summed E-state index contributed by atoms with van der Waals surface area (Å²) in [6.45, 7) is 3.12. The highest BCUT2D eigenvalue weighted by atomic mass is 16.5. The average Bonchev–Trinajstić information content (AvgIpc) is 2.99. The lowest BCUT2D eigenvalue weighted by molar-refractivity contribution is -0.140. The first-order valence-corrected chi connectivity index (χ1v) is 13.8. The minimum Gasteiger partial charge on any atom is -0.481 e.